The Hall–Kier alpha value is -3.88. The molecule has 9 heteroatoms. The number of para-hydroxylation sites is 1. The Bertz CT molecular complexity index is 1100. The molecule has 0 bridgehead atoms. The summed E-state index contributed by atoms with van der Waals surface area (Å²) in [5, 5.41) is 4.37. The fraction of sp³-hybridized carbons (Fsp3) is 0.200. The summed E-state index contributed by atoms with van der Waals surface area (Å²) in [4.78, 5) is 28.8. The molecule has 0 saturated carbocycles. The van der Waals surface area contributed by atoms with Crippen LogP contribution in [0.15, 0.2) is 52.6 Å². The highest BCUT2D eigenvalue weighted by Gasteiger charge is 2.12. The van der Waals surface area contributed by atoms with E-state index in [-0.39, 0.29) is 12.1 Å². The number of benzene rings is 2. The van der Waals surface area contributed by atoms with Crippen molar-refractivity contribution in [1.82, 2.24) is 15.0 Å². The molecule has 0 unspecified atom stereocenters. The second kappa shape index (κ2) is 8.87. The van der Waals surface area contributed by atoms with Gasteiger partial charge in [-0.1, -0.05) is 12.1 Å². The smallest absolute Gasteiger partial charge is 0.261 e. The average molecular weight is 396 g/mol. The Labute approximate surface area is 166 Å². The van der Waals surface area contributed by atoms with E-state index in [2.05, 4.69) is 15.5 Å². The highest BCUT2D eigenvalue weighted by atomic mass is 16.5. The minimum absolute atomic E-state index is 0.205. The number of nitrogens with zero attached hydrogens (tertiary/aromatic N) is 3. The van der Waals surface area contributed by atoms with Crippen molar-refractivity contribution in [3.63, 3.8) is 0 Å². The zero-order valence-electron chi connectivity index (χ0n) is 16.2. The molecule has 1 amide bonds. The van der Waals surface area contributed by atoms with Crippen LogP contribution in [-0.4, -0.2) is 43.0 Å². The van der Waals surface area contributed by atoms with E-state index in [0.717, 1.165) is 0 Å². The van der Waals surface area contributed by atoms with Crippen molar-refractivity contribution in [3.05, 3.63) is 58.6 Å². The topological polar surface area (TPSA) is 104 Å². The van der Waals surface area contributed by atoms with E-state index in [1.54, 1.807) is 36.4 Å². The number of carbonyl (C=O) groups excluding carboxylic acids is 1. The largest absolute Gasteiger partial charge is 0.493 e. The van der Waals surface area contributed by atoms with Crippen LogP contribution in [0, 0.1) is 0 Å². The van der Waals surface area contributed by atoms with Crippen LogP contribution in [0.25, 0.3) is 10.9 Å². The lowest BCUT2D eigenvalue weighted by atomic mass is 10.2. The molecule has 0 saturated heterocycles. The molecular formula is C20H20N4O5. The van der Waals surface area contributed by atoms with Gasteiger partial charge in [-0.15, -0.1) is 0 Å². The number of hydrogen-bond donors (Lipinski definition) is 1. The number of methoxy groups -OCH3 is 3. The van der Waals surface area contributed by atoms with Crippen molar-refractivity contribution in [2.45, 2.75) is 6.54 Å². The zero-order valence-corrected chi connectivity index (χ0v) is 16.2. The normalized spacial score (nSPS) is 10.9. The second-order valence-electron chi connectivity index (χ2n) is 5.95. The summed E-state index contributed by atoms with van der Waals surface area (Å²) < 4.78 is 17.0. The van der Waals surface area contributed by atoms with Crippen LogP contribution in [0.4, 0.5) is 0 Å². The number of carbonyl (C=O) groups is 1. The number of hydrazone groups is 1. The van der Waals surface area contributed by atoms with Gasteiger partial charge in [0.25, 0.3) is 11.5 Å². The van der Waals surface area contributed by atoms with E-state index in [0.29, 0.717) is 33.7 Å². The van der Waals surface area contributed by atoms with Gasteiger partial charge in [0.05, 0.1) is 44.8 Å². The van der Waals surface area contributed by atoms with Crippen molar-refractivity contribution in [2.75, 3.05) is 21.3 Å². The van der Waals surface area contributed by atoms with Crippen LogP contribution in [-0.2, 0) is 11.3 Å². The minimum Gasteiger partial charge on any atom is -0.493 e. The molecule has 0 aliphatic heterocycles. The third-order valence-corrected chi connectivity index (χ3v) is 4.14. The molecule has 3 rings (SSSR count). The molecule has 0 aliphatic carbocycles. The highest BCUT2D eigenvalue weighted by Crippen LogP contribution is 2.37. The summed E-state index contributed by atoms with van der Waals surface area (Å²) in [6, 6.07) is 10.3. The summed E-state index contributed by atoms with van der Waals surface area (Å²) in [5.74, 6) is 0.925. The predicted octanol–water partition coefficient (Wildman–Crippen LogP) is 1.57. The third kappa shape index (κ3) is 4.34. The van der Waals surface area contributed by atoms with Crippen molar-refractivity contribution in [2.24, 2.45) is 5.10 Å². The van der Waals surface area contributed by atoms with Gasteiger partial charge in [-0.25, -0.2) is 10.4 Å². The number of ether oxygens (including phenoxy) is 3. The maximum absolute atomic E-state index is 12.4. The van der Waals surface area contributed by atoms with Gasteiger partial charge >= 0.3 is 0 Å². The van der Waals surface area contributed by atoms with Gasteiger partial charge in [-0.05, 0) is 24.3 Å². The number of amides is 1. The predicted molar refractivity (Wildman–Crippen MR) is 108 cm³/mol. The first-order valence-electron chi connectivity index (χ1n) is 8.63. The molecule has 0 fully saturated rings. The summed E-state index contributed by atoms with van der Waals surface area (Å²) in [5.41, 5.74) is 3.30. The van der Waals surface area contributed by atoms with Gasteiger partial charge in [0.15, 0.2) is 11.5 Å². The maximum Gasteiger partial charge on any atom is 0.261 e. The van der Waals surface area contributed by atoms with Gasteiger partial charge in [-0.3, -0.25) is 14.2 Å². The number of hydrogen-bond acceptors (Lipinski definition) is 7. The molecule has 1 heterocycles. The van der Waals surface area contributed by atoms with Gasteiger partial charge < -0.3 is 14.2 Å². The molecule has 150 valence electrons. The molecule has 3 aromatic rings. The maximum atomic E-state index is 12.4. The zero-order chi connectivity index (χ0) is 20.8. The summed E-state index contributed by atoms with van der Waals surface area (Å²) in [7, 11) is 4.53. The SMILES string of the molecule is COc1cc(/C=N/NC(=O)Cn2cnc3ccccc3c2=O)cc(OC)c1OC. The highest BCUT2D eigenvalue weighted by molar-refractivity contribution is 5.84. The van der Waals surface area contributed by atoms with E-state index < -0.39 is 5.91 Å². The second-order valence-corrected chi connectivity index (χ2v) is 5.95. The Morgan fingerprint density at radius 3 is 2.48 bits per heavy atom. The lowest BCUT2D eigenvalue weighted by Gasteiger charge is -2.12. The summed E-state index contributed by atoms with van der Waals surface area (Å²) in [6.45, 7) is -0.205. The quantitative estimate of drug-likeness (QED) is 0.480. The Balaban J connectivity index is 1.72. The van der Waals surface area contributed by atoms with Crippen molar-refractivity contribution < 1.29 is 19.0 Å². The first kappa shape index (κ1) is 19.9. The van der Waals surface area contributed by atoms with Gasteiger partial charge in [0.2, 0.25) is 5.75 Å². The molecule has 29 heavy (non-hydrogen) atoms. The van der Waals surface area contributed by atoms with Crippen LogP contribution < -0.4 is 25.2 Å². The van der Waals surface area contributed by atoms with Gasteiger partial charge in [0.1, 0.15) is 6.54 Å². The fourth-order valence-corrected chi connectivity index (χ4v) is 2.76. The molecule has 9 nitrogen and oxygen atoms in total. The van der Waals surface area contributed by atoms with Gasteiger partial charge in [-0.2, -0.15) is 5.10 Å². The minimum atomic E-state index is -0.465. The molecule has 1 N–H and O–H groups in total. The van der Waals surface area contributed by atoms with Crippen molar-refractivity contribution in [1.29, 1.82) is 0 Å². The summed E-state index contributed by atoms with van der Waals surface area (Å²) in [6.07, 6.45) is 2.77. The van der Waals surface area contributed by atoms with Crippen LogP contribution in [0.1, 0.15) is 5.56 Å². The number of fused-ring (bicyclic) bond motifs is 1. The molecular weight excluding hydrogens is 376 g/mol. The molecule has 0 atom stereocenters. The van der Waals surface area contributed by atoms with Crippen molar-refractivity contribution in [3.8, 4) is 17.2 Å². The van der Waals surface area contributed by atoms with E-state index in [1.807, 2.05) is 0 Å². The molecule has 0 spiro atoms. The number of rotatable bonds is 7. The van der Waals surface area contributed by atoms with E-state index >= 15 is 0 Å². The standard InChI is InChI=1S/C20H20N4O5/c1-27-16-8-13(9-17(28-2)19(16)29-3)10-22-23-18(25)11-24-12-21-15-7-5-4-6-14(15)20(24)26/h4-10,12H,11H2,1-3H3,(H,23,25)/b22-10+. The molecule has 0 aliphatic rings. The fourth-order valence-electron chi connectivity index (χ4n) is 2.76. The third-order valence-electron chi connectivity index (χ3n) is 4.14. The van der Waals surface area contributed by atoms with Gasteiger partial charge in [0, 0.05) is 5.56 Å². The molecule has 2 aromatic carbocycles. The Morgan fingerprint density at radius 1 is 1.14 bits per heavy atom. The number of aromatic nitrogens is 2. The number of nitrogens with one attached hydrogen (secondary N) is 1. The first-order valence-corrected chi connectivity index (χ1v) is 8.63. The van der Waals surface area contributed by atoms with Crippen LogP contribution in [0.5, 0.6) is 17.2 Å². The summed E-state index contributed by atoms with van der Waals surface area (Å²) >= 11 is 0. The Morgan fingerprint density at radius 2 is 1.83 bits per heavy atom. The molecule has 0 radical (unpaired) electrons. The molecule has 1 aromatic heterocycles. The Kier molecular flexibility index (Phi) is 6.08. The first-order chi connectivity index (χ1) is 14.1. The van der Waals surface area contributed by atoms with E-state index in [1.165, 1.54) is 38.4 Å². The van der Waals surface area contributed by atoms with E-state index in [4.69, 9.17) is 14.2 Å². The van der Waals surface area contributed by atoms with Crippen LogP contribution in [0.3, 0.4) is 0 Å². The monoisotopic (exact) mass is 396 g/mol. The average Bonchev–Trinajstić information content (AvgIpc) is 2.75. The lowest BCUT2D eigenvalue weighted by Crippen LogP contribution is -2.30. The van der Waals surface area contributed by atoms with E-state index in [9.17, 15) is 9.59 Å². The van der Waals surface area contributed by atoms with Crippen molar-refractivity contribution >= 4 is 23.0 Å². The van der Waals surface area contributed by atoms with Crippen LogP contribution >= 0.6 is 0 Å². The lowest BCUT2D eigenvalue weighted by molar-refractivity contribution is -0.121. The van der Waals surface area contributed by atoms with Crippen LogP contribution in [0.2, 0.25) is 0 Å².